The third-order valence-electron chi connectivity index (χ3n) is 5.91. The van der Waals surface area contributed by atoms with Crippen molar-refractivity contribution in [3.8, 4) is 22.6 Å². The molecule has 3 N–H and O–H groups in total. The van der Waals surface area contributed by atoms with E-state index in [-0.39, 0.29) is 25.3 Å². The number of aromatic nitrogens is 2. The van der Waals surface area contributed by atoms with Crippen LogP contribution < -0.4 is 15.8 Å². The molecular formula is C27H31F2N5O3. The van der Waals surface area contributed by atoms with Crippen LogP contribution in [0.25, 0.3) is 11.1 Å². The Bertz CT molecular complexity index is 1220. The van der Waals surface area contributed by atoms with Crippen molar-refractivity contribution in [2.24, 2.45) is 5.92 Å². The molecular weight excluding hydrogens is 480 g/mol. The number of alkyl halides is 2. The van der Waals surface area contributed by atoms with Gasteiger partial charge in [-0.05, 0) is 57.0 Å². The maximum absolute atomic E-state index is 15.0. The summed E-state index contributed by atoms with van der Waals surface area (Å²) in [7, 11) is 0. The number of amides is 1. The Labute approximate surface area is 214 Å². The summed E-state index contributed by atoms with van der Waals surface area (Å²) in [6.45, 7) is 4.54. The minimum atomic E-state index is -3.10. The first-order valence-electron chi connectivity index (χ1n) is 12.1. The SMILES string of the molecule is CC(C)(C)OC(=O)N1CCC(CNc2ncnc(N)c2-c2ccc(Oc3ccccc3)cc2)C(F)(F)C1. The lowest BCUT2D eigenvalue weighted by Crippen LogP contribution is -2.53. The van der Waals surface area contributed by atoms with Gasteiger partial charge in [0.1, 0.15) is 35.1 Å². The fourth-order valence-electron chi connectivity index (χ4n) is 4.07. The number of rotatable bonds is 6. The summed E-state index contributed by atoms with van der Waals surface area (Å²) in [5, 5.41) is 3.04. The Morgan fingerprint density at radius 2 is 1.78 bits per heavy atom. The number of nitrogens with one attached hydrogen (secondary N) is 1. The maximum Gasteiger partial charge on any atom is 0.410 e. The molecule has 4 rings (SSSR count). The molecule has 1 aliphatic rings. The number of nitrogens with zero attached hydrogens (tertiary/aromatic N) is 3. The van der Waals surface area contributed by atoms with E-state index < -0.39 is 30.1 Å². The van der Waals surface area contributed by atoms with E-state index in [1.54, 1.807) is 32.9 Å². The Hall–Kier alpha value is -3.95. The molecule has 1 fully saturated rings. The topological polar surface area (TPSA) is 103 Å². The number of anilines is 2. The summed E-state index contributed by atoms with van der Waals surface area (Å²) in [6.07, 6.45) is 0.668. The standard InChI is InChI=1S/C27H31F2N5O3/c1-26(2,3)37-25(35)34-14-13-19(27(28,29)16-34)15-31-24-22(23(30)32-17-33-24)18-9-11-21(12-10-18)36-20-7-5-4-6-8-20/h4-12,17,19H,13-16H2,1-3H3,(H3,30,31,32,33). The zero-order valence-electron chi connectivity index (χ0n) is 21.1. The zero-order chi connectivity index (χ0) is 26.6. The average molecular weight is 512 g/mol. The van der Waals surface area contributed by atoms with Gasteiger partial charge in [-0.25, -0.2) is 23.5 Å². The highest BCUT2D eigenvalue weighted by Gasteiger charge is 2.46. The first kappa shape index (κ1) is 26.1. The molecule has 0 radical (unpaired) electrons. The molecule has 1 atom stereocenters. The highest BCUT2D eigenvalue weighted by molar-refractivity contribution is 5.83. The number of ether oxygens (including phenoxy) is 2. The number of hydrogen-bond acceptors (Lipinski definition) is 7. The molecule has 0 saturated carbocycles. The van der Waals surface area contributed by atoms with Crippen molar-refractivity contribution in [2.45, 2.75) is 38.7 Å². The first-order chi connectivity index (χ1) is 17.5. The number of carbonyl (C=O) groups is 1. The monoisotopic (exact) mass is 511 g/mol. The summed E-state index contributed by atoms with van der Waals surface area (Å²) in [5.41, 5.74) is 6.63. The van der Waals surface area contributed by atoms with Crippen LogP contribution in [-0.2, 0) is 4.74 Å². The van der Waals surface area contributed by atoms with Gasteiger partial charge in [-0.3, -0.25) is 0 Å². The van der Waals surface area contributed by atoms with Crippen LogP contribution in [0.15, 0.2) is 60.9 Å². The highest BCUT2D eigenvalue weighted by Crippen LogP contribution is 2.36. The number of benzene rings is 2. The first-order valence-corrected chi connectivity index (χ1v) is 12.1. The van der Waals surface area contributed by atoms with Crippen molar-refractivity contribution in [3.63, 3.8) is 0 Å². The number of piperidine rings is 1. The van der Waals surface area contributed by atoms with Gasteiger partial charge in [0.15, 0.2) is 0 Å². The zero-order valence-corrected chi connectivity index (χ0v) is 21.1. The predicted molar refractivity (Wildman–Crippen MR) is 138 cm³/mol. The number of likely N-dealkylation sites (tertiary alicyclic amines) is 1. The number of carbonyl (C=O) groups excluding carboxylic acids is 1. The van der Waals surface area contributed by atoms with Crippen LogP contribution in [0.1, 0.15) is 27.2 Å². The van der Waals surface area contributed by atoms with Gasteiger partial charge >= 0.3 is 6.09 Å². The molecule has 37 heavy (non-hydrogen) atoms. The van der Waals surface area contributed by atoms with Gasteiger partial charge in [-0.2, -0.15) is 0 Å². The molecule has 10 heteroatoms. The molecule has 2 aromatic carbocycles. The van der Waals surface area contributed by atoms with Crippen molar-refractivity contribution >= 4 is 17.7 Å². The molecule has 0 spiro atoms. The van der Waals surface area contributed by atoms with Crippen molar-refractivity contribution in [1.82, 2.24) is 14.9 Å². The number of para-hydroxylation sites is 1. The van der Waals surface area contributed by atoms with E-state index >= 15 is 0 Å². The van der Waals surface area contributed by atoms with Crippen molar-refractivity contribution < 1.29 is 23.0 Å². The second-order valence-corrected chi connectivity index (χ2v) is 9.95. The number of halogens is 2. The van der Waals surface area contributed by atoms with Crippen molar-refractivity contribution in [1.29, 1.82) is 0 Å². The van der Waals surface area contributed by atoms with Crippen LogP contribution in [0.2, 0.25) is 0 Å². The minimum Gasteiger partial charge on any atom is -0.457 e. The van der Waals surface area contributed by atoms with Crippen LogP contribution >= 0.6 is 0 Å². The molecule has 1 saturated heterocycles. The highest BCUT2D eigenvalue weighted by atomic mass is 19.3. The average Bonchev–Trinajstić information content (AvgIpc) is 2.83. The largest absolute Gasteiger partial charge is 0.457 e. The summed E-state index contributed by atoms with van der Waals surface area (Å²) < 4.78 is 41.0. The third-order valence-corrected chi connectivity index (χ3v) is 5.91. The van der Waals surface area contributed by atoms with E-state index in [1.165, 1.54) is 6.33 Å². The number of nitrogen functional groups attached to an aromatic ring is 1. The number of nitrogens with two attached hydrogens (primary N) is 1. The van der Waals surface area contributed by atoms with Gasteiger partial charge < -0.3 is 25.4 Å². The fourth-order valence-corrected chi connectivity index (χ4v) is 4.07. The lowest BCUT2D eigenvalue weighted by Gasteiger charge is -2.38. The van der Waals surface area contributed by atoms with E-state index in [4.69, 9.17) is 15.2 Å². The molecule has 1 unspecified atom stereocenters. The summed E-state index contributed by atoms with van der Waals surface area (Å²) >= 11 is 0. The molecule has 0 aliphatic carbocycles. The van der Waals surface area contributed by atoms with Crippen molar-refractivity contribution in [2.75, 3.05) is 30.7 Å². The predicted octanol–water partition coefficient (Wildman–Crippen LogP) is 5.82. The van der Waals surface area contributed by atoms with E-state index in [2.05, 4.69) is 15.3 Å². The lowest BCUT2D eigenvalue weighted by atomic mass is 9.92. The second-order valence-electron chi connectivity index (χ2n) is 9.95. The van der Waals surface area contributed by atoms with Crippen LogP contribution in [0.5, 0.6) is 11.5 Å². The smallest absolute Gasteiger partial charge is 0.410 e. The molecule has 196 valence electrons. The van der Waals surface area contributed by atoms with Gasteiger partial charge in [-0.1, -0.05) is 30.3 Å². The lowest BCUT2D eigenvalue weighted by molar-refractivity contribution is -0.106. The molecule has 8 nitrogen and oxygen atoms in total. The van der Waals surface area contributed by atoms with E-state index in [1.807, 2.05) is 42.5 Å². The fraction of sp³-hybridized carbons (Fsp3) is 0.370. The summed E-state index contributed by atoms with van der Waals surface area (Å²) in [5.74, 6) is -2.18. The normalized spacial score (nSPS) is 17.2. The van der Waals surface area contributed by atoms with Crippen LogP contribution in [0.4, 0.5) is 25.2 Å². The van der Waals surface area contributed by atoms with Crippen molar-refractivity contribution in [3.05, 3.63) is 60.9 Å². The van der Waals surface area contributed by atoms with Gasteiger partial charge in [0.05, 0.1) is 12.1 Å². The minimum absolute atomic E-state index is 0.0478. The van der Waals surface area contributed by atoms with E-state index in [0.717, 1.165) is 4.90 Å². The third kappa shape index (κ3) is 6.63. The quantitative estimate of drug-likeness (QED) is 0.430. The molecule has 1 aliphatic heterocycles. The Morgan fingerprint density at radius 1 is 1.11 bits per heavy atom. The van der Waals surface area contributed by atoms with Crippen LogP contribution in [0, 0.1) is 5.92 Å². The van der Waals surface area contributed by atoms with Gasteiger partial charge in [0.2, 0.25) is 0 Å². The Morgan fingerprint density at radius 3 is 2.43 bits per heavy atom. The summed E-state index contributed by atoms with van der Waals surface area (Å²) in [6, 6.07) is 16.6. The molecule has 0 bridgehead atoms. The van der Waals surface area contributed by atoms with Crippen LogP contribution in [0.3, 0.4) is 0 Å². The maximum atomic E-state index is 15.0. The van der Waals surface area contributed by atoms with Gasteiger partial charge in [0.25, 0.3) is 5.92 Å². The van der Waals surface area contributed by atoms with E-state index in [9.17, 15) is 13.6 Å². The molecule has 3 aromatic rings. The second kappa shape index (κ2) is 10.6. The van der Waals surface area contributed by atoms with Gasteiger partial charge in [0, 0.05) is 19.0 Å². The van der Waals surface area contributed by atoms with Gasteiger partial charge in [-0.15, -0.1) is 0 Å². The molecule has 1 aromatic heterocycles. The number of hydrogen-bond donors (Lipinski definition) is 2. The Kier molecular flexibility index (Phi) is 7.47. The van der Waals surface area contributed by atoms with Crippen LogP contribution in [-0.4, -0.2) is 52.1 Å². The summed E-state index contributed by atoms with van der Waals surface area (Å²) in [4.78, 5) is 21.7. The molecule has 1 amide bonds. The Balaban J connectivity index is 1.44. The molecule has 2 heterocycles. The van der Waals surface area contributed by atoms with E-state index in [0.29, 0.717) is 28.4 Å².